The number of benzene rings is 1. The van der Waals surface area contributed by atoms with Gasteiger partial charge in [-0.25, -0.2) is 0 Å². The average molecular weight is 466 g/mol. The summed E-state index contributed by atoms with van der Waals surface area (Å²) in [4.78, 5) is 9.20. The smallest absolute Gasteiger partial charge is 0.174 e. The molecule has 0 spiro atoms. The van der Waals surface area contributed by atoms with E-state index in [1.54, 1.807) is 0 Å². The minimum absolute atomic E-state index is 0.0323. The van der Waals surface area contributed by atoms with Gasteiger partial charge in [-0.3, -0.25) is 4.98 Å². The molecule has 166 valence electrons. The predicted molar refractivity (Wildman–Crippen MR) is 135 cm³/mol. The van der Waals surface area contributed by atoms with Crippen molar-refractivity contribution < 1.29 is 0 Å². The highest BCUT2D eigenvalue weighted by molar-refractivity contribution is 7.80. The summed E-state index contributed by atoms with van der Waals surface area (Å²) >= 11 is 12.7. The number of aryl methyl sites for hydroxylation is 1. The van der Waals surface area contributed by atoms with Crippen molar-refractivity contribution in [1.82, 2.24) is 14.9 Å². The van der Waals surface area contributed by atoms with Crippen LogP contribution in [0.4, 0.5) is 11.4 Å². The van der Waals surface area contributed by atoms with E-state index in [0.717, 1.165) is 41.1 Å². The summed E-state index contributed by atoms with van der Waals surface area (Å²) in [7, 11) is 2.07. The SMILES string of the molecule is CC1CCN(c2ccc(N3C(=S)N[C@H](c4ccccn4)[C@@H]3c3cccn3C)cc2Cl)CC1. The number of pyridine rings is 1. The van der Waals surface area contributed by atoms with Gasteiger partial charge in [0.25, 0.3) is 0 Å². The van der Waals surface area contributed by atoms with Gasteiger partial charge in [-0.15, -0.1) is 0 Å². The molecule has 2 aromatic heterocycles. The van der Waals surface area contributed by atoms with Gasteiger partial charge in [-0.1, -0.05) is 24.6 Å². The Hall–Kier alpha value is -2.57. The third-order valence-corrected chi connectivity index (χ3v) is 7.34. The highest BCUT2D eigenvalue weighted by Gasteiger charge is 2.42. The van der Waals surface area contributed by atoms with E-state index in [1.807, 2.05) is 24.4 Å². The predicted octanol–water partition coefficient (Wildman–Crippen LogP) is 5.49. The second-order valence-electron chi connectivity index (χ2n) is 8.85. The number of piperidine rings is 1. The van der Waals surface area contributed by atoms with Crippen LogP contribution in [0, 0.1) is 5.92 Å². The normalized spacial score (nSPS) is 21.8. The second-order valence-corrected chi connectivity index (χ2v) is 9.64. The Morgan fingerprint density at radius 2 is 1.91 bits per heavy atom. The van der Waals surface area contributed by atoms with E-state index in [2.05, 4.69) is 75.2 Å². The standard InChI is InChI=1S/C25H28ClN5S/c1-17-10-14-30(15-11-17)21-9-8-18(16-19(21)26)31-24(22-7-5-13-29(22)2)23(28-25(31)32)20-6-3-4-12-27-20/h3-9,12-13,16-17,23-24H,10-11,14-15H2,1-2H3,(H,28,32)/t23-,24+/m1/s1. The third-order valence-electron chi connectivity index (χ3n) is 6.72. The summed E-state index contributed by atoms with van der Waals surface area (Å²) in [5.74, 6) is 0.784. The van der Waals surface area contributed by atoms with Crippen LogP contribution in [0.3, 0.4) is 0 Å². The Morgan fingerprint density at radius 1 is 1.09 bits per heavy atom. The van der Waals surface area contributed by atoms with Crippen LogP contribution in [0.25, 0.3) is 0 Å². The number of halogens is 1. The maximum atomic E-state index is 6.83. The Morgan fingerprint density at radius 3 is 2.56 bits per heavy atom. The molecule has 5 rings (SSSR count). The van der Waals surface area contributed by atoms with Crippen molar-refractivity contribution in [3.05, 3.63) is 77.3 Å². The fourth-order valence-corrected chi connectivity index (χ4v) is 5.51. The average Bonchev–Trinajstić information content (AvgIpc) is 3.37. The first-order chi connectivity index (χ1) is 15.5. The lowest BCUT2D eigenvalue weighted by Gasteiger charge is -2.33. The Balaban J connectivity index is 1.52. The van der Waals surface area contributed by atoms with Gasteiger partial charge in [-0.2, -0.15) is 0 Å². The molecule has 4 heterocycles. The van der Waals surface area contributed by atoms with E-state index in [-0.39, 0.29) is 12.1 Å². The van der Waals surface area contributed by atoms with Crippen molar-refractivity contribution in [2.45, 2.75) is 31.8 Å². The number of nitrogens with zero attached hydrogens (tertiary/aromatic N) is 4. The molecule has 5 nitrogen and oxygen atoms in total. The minimum atomic E-state index is -0.0562. The van der Waals surface area contributed by atoms with Crippen LogP contribution in [0.5, 0.6) is 0 Å². The molecule has 1 N–H and O–H groups in total. The van der Waals surface area contributed by atoms with Gasteiger partial charge in [0.05, 0.1) is 22.4 Å². The van der Waals surface area contributed by atoms with E-state index >= 15 is 0 Å². The van der Waals surface area contributed by atoms with Gasteiger partial charge < -0.3 is 19.7 Å². The first kappa shape index (κ1) is 21.3. The van der Waals surface area contributed by atoms with Gasteiger partial charge in [0, 0.05) is 43.9 Å². The Labute approximate surface area is 200 Å². The molecule has 3 aromatic rings. The molecular weight excluding hydrogens is 438 g/mol. The quantitative estimate of drug-likeness (QED) is 0.516. The molecule has 0 aliphatic carbocycles. The van der Waals surface area contributed by atoms with Crippen LogP contribution in [0.1, 0.15) is 43.2 Å². The molecular formula is C25H28ClN5S. The number of hydrogen-bond donors (Lipinski definition) is 1. The molecule has 2 atom stereocenters. The van der Waals surface area contributed by atoms with Crippen molar-refractivity contribution in [2.24, 2.45) is 13.0 Å². The molecule has 0 bridgehead atoms. The molecule has 2 fully saturated rings. The first-order valence-electron chi connectivity index (χ1n) is 11.2. The van der Waals surface area contributed by atoms with Crippen molar-refractivity contribution in [3.63, 3.8) is 0 Å². The van der Waals surface area contributed by atoms with Crippen LogP contribution < -0.4 is 15.1 Å². The molecule has 0 radical (unpaired) electrons. The van der Waals surface area contributed by atoms with E-state index in [4.69, 9.17) is 23.8 Å². The summed E-state index contributed by atoms with van der Waals surface area (Å²) in [6.45, 7) is 4.43. The minimum Gasteiger partial charge on any atom is -0.370 e. The third kappa shape index (κ3) is 3.86. The van der Waals surface area contributed by atoms with Crippen molar-refractivity contribution >= 4 is 40.3 Å². The lowest BCUT2D eigenvalue weighted by Crippen LogP contribution is -2.33. The number of aromatic nitrogens is 2. The molecule has 0 unspecified atom stereocenters. The van der Waals surface area contributed by atoms with Gasteiger partial charge in [0.15, 0.2) is 5.11 Å². The fraction of sp³-hybridized carbons (Fsp3) is 0.360. The largest absolute Gasteiger partial charge is 0.370 e. The molecule has 0 saturated carbocycles. The molecule has 7 heteroatoms. The van der Waals surface area contributed by atoms with E-state index < -0.39 is 0 Å². The fourth-order valence-electron chi connectivity index (χ4n) is 4.87. The van der Waals surface area contributed by atoms with Crippen molar-refractivity contribution in [3.8, 4) is 0 Å². The molecule has 1 aromatic carbocycles. The van der Waals surface area contributed by atoms with Crippen molar-refractivity contribution in [1.29, 1.82) is 0 Å². The van der Waals surface area contributed by atoms with Crippen LogP contribution in [-0.4, -0.2) is 27.8 Å². The summed E-state index contributed by atoms with van der Waals surface area (Å²) in [5.41, 5.74) is 4.23. The van der Waals surface area contributed by atoms with E-state index in [1.165, 1.54) is 18.5 Å². The molecule has 2 saturated heterocycles. The van der Waals surface area contributed by atoms with Gasteiger partial charge in [-0.05, 0) is 73.4 Å². The summed E-state index contributed by atoms with van der Waals surface area (Å²) < 4.78 is 2.15. The molecule has 2 aliphatic rings. The van der Waals surface area contributed by atoms with E-state index in [0.29, 0.717) is 5.11 Å². The number of nitrogens with one attached hydrogen (secondary N) is 1. The summed E-state index contributed by atoms with van der Waals surface area (Å²) in [6, 6.07) is 16.5. The van der Waals surface area contributed by atoms with Crippen LogP contribution in [0.15, 0.2) is 60.9 Å². The lowest BCUT2D eigenvalue weighted by molar-refractivity contribution is 0.438. The van der Waals surface area contributed by atoms with Crippen molar-refractivity contribution in [2.75, 3.05) is 22.9 Å². The number of anilines is 2. The highest BCUT2D eigenvalue weighted by Crippen LogP contribution is 2.43. The van der Waals surface area contributed by atoms with Gasteiger partial charge in [0.1, 0.15) is 6.04 Å². The maximum absolute atomic E-state index is 6.83. The second kappa shape index (κ2) is 8.75. The zero-order valence-electron chi connectivity index (χ0n) is 18.4. The molecule has 0 amide bonds. The van der Waals surface area contributed by atoms with E-state index in [9.17, 15) is 0 Å². The van der Waals surface area contributed by atoms with Gasteiger partial charge in [0.2, 0.25) is 0 Å². The number of rotatable bonds is 4. The van der Waals surface area contributed by atoms with Crippen LogP contribution in [0.2, 0.25) is 5.02 Å². The summed E-state index contributed by atoms with van der Waals surface area (Å²) in [5, 5.41) is 4.97. The lowest BCUT2D eigenvalue weighted by atomic mass is 9.98. The number of thiocarbonyl (C=S) groups is 1. The number of hydrogen-bond acceptors (Lipinski definition) is 3. The molecule has 32 heavy (non-hydrogen) atoms. The monoisotopic (exact) mass is 465 g/mol. The maximum Gasteiger partial charge on any atom is 0.174 e. The summed E-state index contributed by atoms with van der Waals surface area (Å²) in [6.07, 6.45) is 6.31. The van der Waals surface area contributed by atoms with Crippen LogP contribution >= 0.6 is 23.8 Å². The van der Waals surface area contributed by atoms with Gasteiger partial charge >= 0.3 is 0 Å². The highest BCUT2D eigenvalue weighted by atomic mass is 35.5. The first-order valence-corrected chi connectivity index (χ1v) is 12.0. The Kier molecular flexibility index (Phi) is 5.82. The zero-order chi connectivity index (χ0) is 22.2. The topological polar surface area (TPSA) is 36.3 Å². The zero-order valence-corrected chi connectivity index (χ0v) is 20.0. The van der Waals surface area contributed by atoms with Crippen LogP contribution in [-0.2, 0) is 7.05 Å². The Bertz CT molecular complexity index is 1110. The molecule has 2 aliphatic heterocycles.